The van der Waals surface area contributed by atoms with Crippen LogP contribution >= 0.6 is 0 Å². The highest BCUT2D eigenvalue weighted by molar-refractivity contribution is 4.88. The number of aromatic nitrogens is 1. The molecule has 0 aliphatic carbocycles. The SMILES string of the molecule is CCCN1CCNCC1C.c1ccncc1. The minimum Gasteiger partial charge on any atom is -0.314 e. The largest absolute Gasteiger partial charge is 0.314 e. The molecule has 1 fully saturated rings. The van der Waals surface area contributed by atoms with E-state index in [1.165, 1.54) is 32.6 Å². The van der Waals surface area contributed by atoms with Gasteiger partial charge in [0.2, 0.25) is 0 Å². The second kappa shape index (κ2) is 8.25. The van der Waals surface area contributed by atoms with Gasteiger partial charge in [0.05, 0.1) is 0 Å². The van der Waals surface area contributed by atoms with Gasteiger partial charge in [0.15, 0.2) is 0 Å². The third kappa shape index (κ3) is 5.24. The van der Waals surface area contributed by atoms with E-state index in [1.54, 1.807) is 12.4 Å². The summed E-state index contributed by atoms with van der Waals surface area (Å²) in [6, 6.07) is 6.46. The molecule has 16 heavy (non-hydrogen) atoms. The molecule has 90 valence electrons. The van der Waals surface area contributed by atoms with E-state index in [1.807, 2.05) is 18.2 Å². The van der Waals surface area contributed by atoms with Crippen LogP contribution in [-0.4, -0.2) is 42.1 Å². The molecule has 1 saturated heterocycles. The first-order valence-corrected chi connectivity index (χ1v) is 6.14. The summed E-state index contributed by atoms with van der Waals surface area (Å²) in [5.41, 5.74) is 0. The van der Waals surface area contributed by atoms with Gasteiger partial charge in [0.25, 0.3) is 0 Å². The van der Waals surface area contributed by atoms with Gasteiger partial charge in [-0.3, -0.25) is 9.88 Å². The first-order valence-electron chi connectivity index (χ1n) is 6.14. The van der Waals surface area contributed by atoms with Gasteiger partial charge < -0.3 is 5.32 Å². The first kappa shape index (κ1) is 13.1. The van der Waals surface area contributed by atoms with Gasteiger partial charge in [-0.15, -0.1) is 0 Å². The van der Waals surface area contributed by atoms with Crippen LogP contribution in [-0.2, 0) is 0 Å². The van der Waals surface area contributed by atoms with E-state index >= 15 is 0 Å². The number of rotatable bonds is 2. The summed E-state index contributed by atoms with van der Waals surface area (Å²) in [7, 11) is 0. The van der Waals surface area contributed by atoms with Crippen molar-refractivity contribution in [1.82, 2.24) is 15.2 Å². The fourth-order valence-electron chi connectivity index (χ4n) is 1.82. The zero-order chi connectivity index (χ0) is 11.6. The monoisotopic (exact) mass is 221 g/mol. The predicted molar refractivity (Wildman–Crippen MR) is 68.4 cm³/mol. The van der Waals surface area contributed by atoms with Crippen molar-refractivity contribution in [3.63, 3.8) is 0 Å². The van der Waals surface area contributed by atoms with E-state index < -0.39 is 0 Å². The van der Waals surface area contributed by atoms with Crippen molar-refractivity contribution in [1.29, 1.82) is 0 Å². The third-order valence-corrected chi connectivity index (χ3v) is 2.72. The highest BCUT2D eigenvalue weighted by Gasteiger charge is 2.15. The van der Waals surface area contributed by atoms with Crippen LogP contribution < -0.4 is 5.32 Å². The maximum atomic E-state index is 3.78. The molecule has 1 aromatic heterocycles. The molecule has 0 amide bonds. The summed E-state index contributed by atoms with van der Waals surface area (Å²) in [6.07, 6.45) is 4.78. The Bertz CT molecular complexity index is 222. The second-order valence-electron chi connectivity index (χ2n) is 4.11. The van der Waals surface area contributed by atoms with Gasteiger partial charge >= 0.3 is 0 Å². The van der Waals surface area contributed by atoms with Crippen LogP contribution in [0.25, 0.3) is 0 Å². The number of hydrogen-bond donors (Lipinski definition) is 1. The number of nitrogens with zero attached hydrogens (tertiary/aromatic N) is 2. The Kier molecular flexibility index (Phi) is 6.77. The van der Waals surface area contributed by atoms with Crippen molar-refractivity contribution >= 4 is 0 Å². The summed E-state index contributed by atoms with van der Waals surface area (Å²) in [4.78, 5) is 6.34. The van der Waals surface area contributed by atoms with Crippen molar-refractivity contribution in [2.45, 2.75) is 26.3 Å². The van der Waals surface area contributed by atoms with E-state index in [2.05, 4.69) is 29.0 Å². The lowest BCUT2D eigenvalue weighted by Gasteiger charge is -2.33. The molecule has 0 bridgehead atoms. The number of nitrogens with one attached hydrogen (secondary N) is 1. The van der Waals surface area contributed by atoms with Crippen molar-refractivity contribution in [2.24, 2.45) is 0 Å². The van der Waals surface area contributed by atoms with Crippen molar-refractivity contribution in [3.8, 4) is 0 Å². The van der Waals surface area contributed by atoms with E-state index in [-0.39, 0.29) is 0 Å². The minimum absolute atomic E-state index is 0.744. The lowest BCUT2D eigenvalue weighted by atomic mass is 10.2. The van der Waals surface area contributed by atoms with Crippen LogP contribution in [0.5, 0.6) is 0 Å². The molecule has 0 spiro atoms. The summed E-state index contributed by atoms with van der Waals surface area (Å²) in [5.74, 6) is 0. The van der Waals surface area contributed by atoms with Gasteiger partial charge in [0.1, 0.15) is 0 Å². The second-order valence-corrected chi connectivity index (χ2v) is 4.11. The van der Waals surface area contributed by atoms with Crippen LogP contribution in [0.15, 0.2) is 30.6 Å². The molecule has 0 aromatic carbocycles. The van der Waals surface area contributed by atoms with Crippen LogP contribution in [0.4, 0.5) is 0 Å². The Hall–Kier alpha value is -0.930. The van der Waals surface area contributed by atoms with E-state index in [9.17, 15) is 0 Å². The predicted octanol–water partition coefficient (Wildman–Crippen LogP) is 1.77. The molecule has 1 aliphatic heterocycles. The highest BCUT2D eigenvalue weighted by atomic mass is 15.2. The van der Waals surface area contributed by atoms with Gasteiger partial charge in [-0.1, -0.05) is 13.0 Å². The fourth-order valence-corrected chi connectivity index (χ4v) is 1.82. The summed E-state index contributed by atoms with van der Waals surface area (Å²) < 4.78 is 0. The Labute approximate surface area is 98.9 Å². The molecule has 1 N–H and O–H groups in total. The molecular weight excluding hydrogens is 198 g/mol. The zero-order valence-corrected chi connectivity index (χ0v) is 10.4. The van der Waals surface area contributed by atoms with Gasteiger partial charge in [-0.25, -0.2) is 0 Å². The summed E-state index contributed by atoms with van der Waals surface area (Å²) >= 11 is 0. The Balaban J connectivity index is 0.000000181. The molecule has 2 heterocycles. The van der Waals surface area contributed by atoms with Crippen LogP contribution in [0.3, 0.4) is 0 Å². The molecule has 1 aliphatic rings. The quantitative estimate of drug-likeness (QED) is 0.825. The van der Waals surface area contributed by atoms with Crippen LogP contribution in [0.1, 0.15) is 20.3 Å². The number of pyridine rings is 1. The molecule has 2 rings (SSSR count). The van der Waals surface area contributed by atoms with Crippen LogP contribution in [0, 0.1) is 0 Å². The van der Waals surface area contributed by atoms with Gasteiger partial charge in [0, 0.05) is 38.1 Å². The average molecular weight is 221 g/mol. The molecule has 0 saturated carbocycles. The van der Waals surface area contributed by atoms with Crippen molar-refractivity contribution in [3.05, 3.63) is 30.6 Å². The van der Waals surface area contributed by atoms with Gasteiger partial charge in [-0.05, 0) is 32.0 Å². The Morgan fingerprint density at radius 1 is 1.31 bits per heavy atom. The molecule has 3 nitrogen and oxygen atoms in total. The molecular formula is C13H23N3. The van der Waals surface area contributed by atoms with Crippen molar-refractivity contribution in [2.75, 3.05) is 26.2 Å². The van der Waals surface area contributed by atoms with Crippen LogP contribution in [0.2, 0.25) is 0 Å². The van der Waals surface area contributed by atoms with Crippen molar-refractivity contribution < 1.29 is 0 Å². The fraction of sp³-hybridized carbons (Fsp3) is 0.615. The number of piperazine rings is 1. The zero-order valence-electron chi connectivity index (χ0n) is 10.4. The minimum atomic E-state index is 0.744. The Morgan fingerprint density at radius 3 is 2.50 bits per heavy atom. The standard InChI is InChI=1S/C8H18N2.C5H5N/c1-3-5-10-6-4-9-7-8(10)2;1-2-4-6-5-3-1/h8-9H,3-7H2,1-2H3;1-5H. The molecule has 1 unspecified atom stereocenters. The molecule has 0 radical (unpaired) electrons. The number of hydrogen-bond acceptors (Lipinski definition) is 3. The molecule has 1 aromatic rings. The Morgan fingerprint density at radius 2 is 2.06 bits per heavy atom. The van der Waals surface area contributed by atoms with E-state index in [0.717, 1.165) is 6.04 Å². The van der Waals surface area contributed by atoms with E-state index in [0.29, 0.717) is 0 Å². The molecule has 1 atom stereocenters. The first-order chi connectivity index (χ1) is 7.84. The highest BCUT2D eigenvalue weighted by Crippen LogP contribution is 2.01. The molecule has 3 heteroatoms. The lowest BCUT2D eigenvalue weighted by molar-refractivity contribution is 0.174. The maximum Gasteiger partial charge on any atom is 0.0267 e. The normalized spacial score (nSPS) is 21.0. The summed E-state index contributed by atoms with van der Waals surface area (Å²) in [6.45, 7) is 9.37. The topological polar surface area (TPSA) is 28.2 Å². The average Bonchev–Trinajstić information content (AvgIpc) is 2.35. The van der Waals surface area contributed by atoms with Gasteiger partial charge in [-0.2, -0.15) is 0 Å². The lowest BCUT2D eigenvalue weighted by Crippen LogP contribution is -2.49. The van der Waals surface area contributed by atoms with E-state index in [4.69, 9.17) is 0 Å². The smallest absolute Gasteiger partial charge is 0.0267 e. The summed E-state index contributed by atoms with van der Waals surface area (Å²) in [5, 5.41) is 3.38. The maximum absolute atomic E-state index is 3.78. The third-order valence-electron chi connectivity index (χ3n) is 2.72.